The maximum absolute atomic E-state index is 12.6. The first-order valence-corrected chi connectivity index (χ1v) is 11.2. The van der Waals surface area contributed by atoms with Crippen molar-refractivity contribution < 1.29 is 9.53 Å². The molecule has 1 aromatic heterocycles. The smallest absolute Gasteiger partial charge is 0.222 e. The van der Waals surface area contributed by atoms with E-state index < -0.39 is 0 Å². The van der Waals surface area contributed by atoms with E-state index in [4.69, 9.17) is 21.3 Å². The molecule has 2 heterocycles. The molecule has 0 N–H and O–H groups in total. The highest BCUT2D eigenvalue weighted by Crippen LogP contribution is 2.25. The molecule has 0 bridgehead atoms. The number of rotatable bonds is 6. The number of anilines is 1. The normalized spacial score (nSPS) is 14.2. The molecule has 0 spiro atoms. The summed E-state index contributed by atoms with van der Waals surface area (Å²) in [5.41, 5.74) is 3.50. The average molecular weight is 438 g/mol. The van der Waals surface area contributed by atoms with Gasteiger partial charge in [-0.3, -0.25) is 4.79 Å². The van der Waals surface area contributed by atoms with Crippen LogP contribution in [0.15, 0.2) is 48.5 Å². The lowest BCUT2D eigenvalue weighted by molar-refractivity contribution is -0.131. The second-order valence-corrected chi connectivity index (χ2v) is 8.48. The molecule has 1 aliphatic rings. The number of carbonyl (C=O) groups excluding carboxylic acids is 1. The Balaban J connectivity index is 1.27. The largest absolute Gasteiger partial charge is 0.494 e. The molecule has 31 heavy (non-hydrogen) atoms. The van der Waals surface area contributed by atoms with Crippen molar-refractivity contribution in [2.45, 2.75) is 26.7 Å². The zero-order chi connectivity index (χ0) is 21.8. The highest BCUT2D eigenvalue weighted by molar-refractivity contribution is 6.30. The Hall–Kier alpha value is -2.79. The fourth-order valence-corrected chi connectivity index (χ4v) is 4.12. The van der Waals surface area contributed by atoms with Gasteiger partial charge in [0, 0.05) is 43.0 Å². The van der Waals surface area contributed by atoms with E-state index in [-0.39, 0.29) is 5.91 Å². The third-order valence-corrected chi connectivity index (χ3v) is 6.06. The van der Waals surface area contributed by atoms with E-state index in [1.165, 1.54) is 16.5 Å². The van der Waals surface area contributed by atoms with Crippen LogP contribution in [0.4, 0.5) is 5.82 Å². The van der Waals surface area contributed by atoms with E-state index in [0.29, 0.717) is 24.5 Å². The van der Waals surface area contributed by atoms with Crippen molar-refractivity contribution in [1.82, 2.24) is 9.88 Å². The van der Waals surface area contributed by atoms with E-state index in [2.05, 4.69) is 43.0 Å². The third-order valence-electron chi connectivity index (χ3n) is 5.81. The quantitative estimate of drug-likeness (QED) is 0.508. The van der Waals surface area contributed by atoms with Gasteiger partial charge in [0.2, 0.25) is 5.91 Å². The van der Waals surface area contributed by atoms with Crippen molar-refractivity contribution in [2.75, 3.05) is 37.7 Å². The molecule has 3 aromatic rings. The van der Waals surface area contributed by atoms with Gasteiger partial charge in [-0.15, -0.1) is 0 Å². The summed E-state index contributed by atoms with van der Waals surface area (Å²) in [6, 6.07) is 15.8. The highest BCUT2D eigenvalue weighted by Gasteiger charge is 2.22. The number of hydrogen-bond acceptors (Lipinski definition) is 4. The van der Waals surface area contributed by atoms with Crippen molar-refractivity contribution in [1.29, 1.82) is 0 Å². The van der Waals surface area contributed by atoms with Crippen LogP contribution in [0, 0.1) is 13.8 Å². The van der Waals surface area contributed by atoms with Crippen molar-refractivity contribution in [3.05, 3.63) is 64.7 Å². The molecule has 1 aliphatic heterocycles. The van der Waals surface area contributed by atoms with Crippen LogP contribution in [0.1, 0.15) is 24.0 Å². The van der Waals surface area contributed by atoms with Crippen LogP contribution in [0.5, 0.6) is 5.75 Å². The molecule has 4 rings (SSSR count). The Bertz CT molecular complexity index is 1060. The van der Waals surface area contributed by atoms with Crippen molar-refractivity contribution >= 4 is 34.2 Å². The lowest BCUT2D eigenvalue weighted by atomic mass is 10.1. The summed E-state index contributed by atoms with van der Waals surface area (Å²) in [6.07, 6.45) is 1.20. The molecule has 0 radical (unpaired) electrons. The van der Waals surface area contributed by atoms with E-state index in [1.807, 2.05) is 17.0 Å². The second-order valence-electron chi connectivity index (χ2n) is 8.04. The van der Waals surface area contributed by atoms with Crippen LogP contribution in [0.3, 0.4) is 0 Å². The molecule has 0 aliphatic carbocycles. The number of para-hydroxylation sites is 1. The maximum Gasteiger partial charge on any atom is 0.222 e. The van der Waals surface area contributed by atoms with E-state index >= 15 is 0 Å². The molecule has 0 unspecified atom stereocenters. The van der Waals surface area contributed by atoms with E-state index in [0.717, 1.165) is 43.3 Å². The first kappa shape index (κ1) is 21.4. The predicted molar refractivity (Wildman–Crippen MR) is 126 cm³/mol. The van der Waals surface area contributed by atoms with Gasteiger partial charge in [-0.25, -0.2) is 4.98 Å². The number of pyridine rings is 1. The molecule has 6 heteroatoms. The fourth-order valence-electron chi connectivity index (χ4n) is 3.99. The minimum Gasteiger partial charge on any atom is -0.494 e. The average Bonchev–Trinajstić information content (AvgIpc) is 2.78. The first-order chi connectivity index (χ1) is 15.0. The van der Waals surface area contributed by atoms with Crippen molar-refractivity contribution in [3.8, 4) is 5.75 Å². The topological polar surface area (TPSA) is 45.7 Å². The number of ether oxygens (including phenoxy) is 1. The monoisotopic (exact) mass is 437 g/mol. The molecular weight excluding hydrogens is 410 g/mol. The van der Waals surface area contributed by atoms with E-state index in [9.17, 15) is 4.79 Å². The predicted octanol–water partition coefficient (Wildman–Crippen LogP) is 5.01. The SMILES string of the molecule is Cc1cc(N2CCN(C(=O)CCCOc3ccc(Cl)cc3)CC2)nc2c(C)cccc12. The molecular formula is C25H28ClN3O2. The van der Waals surface area contributed by atoms with Gasteiger partial charge in [-0.2, -0.15) is 0 Å². The van der Waals surface area contributed by atoms with E-state index in [1.54, 1.807) is 12.1 Å². The summed E-state index contributed by atoms with van der Waals surface area (Å²) in [5, 5.41) is 1.89. The minimum atomic E-state index is 0.192. The molecule has 1 fully saturated rings. The molecule has 1 amide bonds. The van der Waals surface area contributed by atoms with Gasteiger partial charge in [0.15, 0.2) is 0 Å². The molecule has 0 saturated carbocycles. The summed E-state index contributed by atoms with van der Waals surface area (Å²) in [6.45, 7) is 7.82. The minimum absolute atomic E-state index is 0.192. The van der Waals surface area contributed by atoms with Gasteiger partial charge in [0.05, 0.1) is 12.1 Å². The zero-order valence-electron chi connectivity index (χ0n) is 18.1. The summed E-state index contributed by atoms with van der Waals surface area (Å²) in [7, 11) is 0. The zero-order valence-corrected chi connectivity index (χ0v) is 18.9. The lowest BCUT2D eigenvalue weighted by Gasteiger charge is -2.35. The van der Waals surface area contributed by atoms with Crippen LogP contribution in [-0.2, 0) is 4.79 Å². The number of piperazine rings is 1. The molecule has 0 atom stereocenters. The Kier molecular flexibility index (Phi) is 6.62. The van der Waals surface area contributed by atoms with Crippen LogP contribution < -0.4 is 9.64 Å². The Morgan fingerprint density at radius 3 is 2.52 bits per heavy atom. The van der Waals surface area contributed by atoms with Gasteiger partial charge in [0.1, 0.15) is 11.6 Å². The number of benzene rings is 2. The Morgan fingerprint density at radius 2 is 1.77 bits per heavy atom. The number of aryl methyl sites for hydroxylation is 2. The number of fused-ring (bicyclic) bond motifs is 1. The molecule has 1 saturated heterocycles. The van der Waals surface area contributed by atoms with Gasteiger partial charge in [-0.05, 0) is 61.7 Å². The summed E-state index contributed by atoms with van der Waals surface area (Å²) in [5.74, 6) is 1.97. The molecule has 5 nitrogen and oxygen atoms in total. The van der Waals surface area contributed by atoms with Gasteiger partial charge in [0.25, 0.3) is 0 Å². The summed E-state index contributed by atoms with van der Waals surface area (Å²) in [4.78, 5) is 21.8. The second kappa shape index (κ2) is 9.56. The standard InChI is InChI=1S/C25H28ClN3O2/c1-18-5-3-6-22-19(2)17-23(27-25(18)22)28-12-14-29(15-13-28)24(30)7-4-16-31-21-10-8-20(26)9-11-21/h3,5-6,8-11,17H,4,7,12-16H2,1-2H3. The number of hydrogen-bond donors (Lipinski definition) is 0. The number of aromatic nitrogens is 1. The Morgan fingerprint density at radius 1 is 1.03 bits per heavy atom. The molecule has 2 aromatic carbocycles. The number of nitrogens with zero attached hydrogens (tertiary/aromatic N) is 3. The lowest BCUT2D eigenvalue weighted by Crippen LogP contribution is -2.49. The Labute approximate surface area is 188 Å². The highest BCUT2D eigenvalue weighted by atomic mass is 35.5. The van der Waals surface area contributed by atoms with Crippen molar-refractivity contribution in [3.63, 3.8) is 0 Å². The maximum atomic E-state index is 12.6. The number of carbonyl (C=O) groups is 1. The fraction of sp³-hybridized carbons (Fsp3) is 0.360. The van der Waals surface area contributed by atoms with Crippen LogP contribution in [0.2, 0.25) is 5.02 Å². The number of amides is 1. The van der Waals surface area contributed by atoms with Crippen LogP contribution in [-0.4, -0.2) is 48.6 Å². The van der Waals surface area contributed by atoms with Crippen LogP contribution >= 0.6 is 11.6 Å². The summed E-state index contributed by atoms with van der Waals surface area (Å²) >= 11 is 5.88. The first-order valence-electron chi connectivity index (χ1n) is 10.8. The van der Waals surface area contributed by atoms with Gasteiger partial charge >= 0.3 is 0 Å². The van der Waals surface area contributed by atoms with Gasteiger partial charge in [-0.1, -0.05) is 29.8 Å². The summed E-state index contributed by atoms with van der Waals surface area (Å²) < 4.78 is 5.68. The third kappa shape index (κ3) is 5.10. The van der Waals surface area contributed by atoms with Gasteiger partial charge < -0.3 is 14.5 Å². The van der Waals surface area contributed by atoms with Crippen LogP contribution in [0.25, 0.3) is 10.9 Å². The molecule has 162 valence electrons. The van der Waals surface area contributed by atoms with Crippen molar-refractivity contribution in [2.24, 2.45) is 0 Å². The number of halogens is 1.